The van der Waals surface area contributed by atoms with Gasteiger partial charge in [0, 0.05) is 50.5 Å². The smallest absolute Gasteiger partial charge is 0.123 e. The van der Waals surface area contributed by atoms with Gasteiger partial charge in [0.15, 0.2) is 0 Å². The second-order valence-electron chi connectivity index (χ2n) is 9.24. The number of fused-ring (bicyclic) bond motifs is 2. The Morgan fingerprint density at radius 3 is 2.49 bits per heavy atom. The molecule has 0 aliphatic carbocycles. The molecule has 0 atom stereocenters. The summed E-state index contributed by atoms with van der Waals surface area (Å²) in [5.41, 5.74) is 9.80. The first-order chi connectivity index (χ1) is 16.9. The molecule has 0 radical (unpaired) electrons. The molecule has 1 saturated heterocycles. The van der Waals surface area contributed by atoms with Crippen molar-refractivity contribution < 1.29 is 4.74 Å². The number of hydrogen-bond acceptors (Lipinski definition) is 4. The highest BCUT2D eigenvalue weighted by Gasteiger charge is 2.21. The van der Waals surface area contributed by atoms with Crippen LogP contribution in [0.2, 0.25) is 0 Å². The number of aromatic nitrogens is 2. The average Bonchev–Trinajstić information content (AvgIpc) is 3.21. The number of benzene rings is 3. The first-order valence-electron chi connectivity index (χ1n) is 12.3. The molecule has 35 heavy (non-hydrogen) atoms. The van der Waals surface area contributed by atoms with Crippen molar-refractivity contribution >= 4 is 33.5 Å². The summed E-state index contributed by atoms with van der Waals surface area (Å²) < 4.78 is 8.65. The minimum atomic E-state index is 0.0819. The van der Waals surface area contributed by atoms with Crippen LogP contribution in [0.15, 0.2) is 54.6 Å². The fraction of sp³-hybridized carbons (Fsp3) is 0.321. The van der Waals surface area contributed by atoms with E-state index in [4.69, 9.17) is 26.3 Å². The van der Waals surface area contributed by atoms with Crippen LogP contribution in [0.4, 0.5) is 0 Å². The fourth-order valence-corrected chi connectivity index (χ4v) is 5.08. The van der Waals surface area contributed by atoms with Crippen LogP contribution in [-0.4, -0.2) is 45.3 Å². The summed E-state index contributed by atoms with van der Waals surface area (Å²) in [6.45, 7) is 6.38. The Morgan fingerprint density at radius 1 is 1.06 bits per heavy atom. The number of nitrogens with one attached hydrogen (secondary N) is 2. The molecule has 1 aromatic heterocycles. The zero-order valence-corrected chi connectivity index (χ0v) is 20.3. The maximum absolute atomic E-state index is 7.95. The lowest BCUT2D eigenvalue weighted by Gasteiger charge is -2.32. The van der Waals surface area contributed by atoms with E-state index in [0.29, 0.717) is 12.4 Å². The van der Waals surface area contributed by atoms with Crippen LogP contribution in [0.1, 0.15) is 43.6 Å². The normalized spacial score (nSPS) is 14.5. The summed E-state index contributed by atoms with van der Waals surface area (Å²) in [6, 6.07) is 18.3. The first-order valence-corrected chi connectivity index (χ1v) is 12.3. The van der Waals surface area contributed by atoms with Crippen molar-refractivity contribution in [3.05, 3.63) is 71.5 Å². The van der Waals surface area contributed by atoms with E-state index in [-0.39, 0.29) is 11.9 Å². The second kappa shape index (κ2) is 9.41. The topological polar surface area (TPSA) is 104 Å². The maximum atomic E-state index is 7.95. The van der Waals surface area contributed by atoms with E-state index in [1.54, 1.807) is 0 Å². The van der Waals surface area contributed by atoms with E-state index in [1.807, 2.05) is 43.3 Å². The van der Waals surface area contributed by atoms with Crippen molar-refractivity contribution in [2.24, 2.45) is 5.73 Å². The number of nitrogens with two attached hydrogens (primary N) is 1. The standard InChI is InChI=1S/C28H32N6O/c1-3-27-32-25-11-9-21(35-20-12-14-33(15-13-20)18(2)29)16-26(25)34(27)17-19-8-10-24(28(30)31)23-7-5-4-6-22(19)23/h4-11,16,20,29H,3,12-15,17H2,1-2H3,(H3,30,31). The van der Waals surface area contributed by atoms with Gasteiger partial charge in [0.05, 0.1) is 16.9 Å². The molecular formula is C28H32N6O. The summed E-state index contributed by atoms with van der Waals surface area (Å²) in [6.07, 6.45) is 2.83. The molecule has 2 heterocycles. The molecule has 4 N–H and O–H groups in total. The Labute approximate surface area is 205 Å². The average molecular weight is 469 g/mol. The number of nitrogens with zero attached hydrogens (tertiary/aromatic N) is 3. The SMILES string of the molecule is CCc1nc2ccc(OC3CCN(C(C)=N)CC3)cc2n1Cc1ccc(C(=N)N)c2ccccc12. The predicted octanol–water partition coefficient (Wildman–Crippen LogP) is 4.92. The van der Waals surface area contributed by atoms with Gasteiger partial charge >= 0.3 is 0 Å². The first kappa shape index (κ1) is 22.9. The van der Waals surface area contributed by atoms with E-state index in [2.05, 4.69) is 34.6 Å². The Morgan fingerprint density at radius 2 is 1.80 bits per heavy atom. The van der Waals surface area contributed by atoms with Crippen LogP contribution in [-0.2, 0) is 13.0 Å². The van der Waals surface area contributed by atoms with Gasteiger partial charge in [-0.25, -0.2) is 4.98 Å². The lowest BCUT2D eigenvalue weighted by atomic mass is 9.99. The van der Waals surface area contributed by atoms with Crippen molar-refractivity contribution in [2.45, 2.75) is 45.8 Å². The maximum Gasteiger partial charge on any atom is 0.123 e. The third-order valence-electron chi connectivity index (χ3n) is 6.97. The molecule has 0 unspecified atom stereocenters. The molecule has 1 aliphatic heterocycles. The number of ether oxygens (including phenoxy) is 1. The zero-order chi connectivity index (χ0) is 24.5. The monoisotopic (exact) mass is 468 g/mol. The van der Waals surface area contributed by atoms with Crippen LogP contribution in [0.3, 0.4) is 0 Å². The van der Waals surface area contributed by atoms with Gasteiger partial charge < -0.3 is 19.9 Å². The van der Waals surface area contributed by atoms with Gasteiger partial charge in [-0.3, -0.25) is 10.8 Å². The number of piperidine rings is 1. The van der Waals surface area contributed by atoms with Crippen LogP contribution in [0.5, 0.6) is 5.75 Å². The summed E-state index contributed by atoms with van der Waals surface area (Å²) in [4.78, 5) is 7.00. The van der Waals surface area contributed by atoms with Crippen molar-refractivity contribution in [1.82, 2.24) is 14.5 Å². The zero-order valence-electron chi connectivity index (χ0n) is 20.3. The van der Waals surface area contributed by atoms with Crippen LogP contribution < -0.4 is 10.5 Å². The molecule has 5 rings (SSSR count). The predicted molar refractivity (Wildman–Crippen MR) is 142 cm³/mol. The summed E-state index contributed by atoms with van der Waals surface area (Å²) in [5.74, 6) is 2.61. The van der Waals surface area contributed by atoms with E-state index >= 15 is 0 Å². The number of rotatable bonds is 6. The third kappa shape index (κ3) is 4.46. The minimum Gasteiger partial charge on any atom is -0.490 e. The van der Waals surface area contributed by atoms with Gasteiger partial charge in [-0.05, 0) is 35.4 Å². The van der Waals surface area contributed by atoms with Crippen LogP contribution in [0.25, 0.3) is 21.8 Å². The van der Waals surface area contributed by atoms with Gasteiger partial charge in [0.2, 0.25) is 0 Å². The number of hydrogen-bond donors (Lipinski definition) is 3. The molecule has 7 heteroatoms. The molecule has 4 aromatic rings. The molecular weight excluding hydrogens is 436 g/mol. The highest BCUT2D eigenvalue weighted by atomic mass is 16.5. The summed E-state index contributed by atoms with van der Waals surface area (Å²) >= 11 is 0. The molecule has 0 spiro atoms. The number of aryl methyl sites for hydroxylation is 1. The van der Waals surface area contributed by atoms with E-state index in [9.17, 15) is 0 Å². The Bertz CT molecular complexity index is 1410. The number of likely N-dealkylation sites (tertiary alicyclic amines) is 1. The molecule has 3 aromatic carbocycles. The number of imidazole rings is 1. The molecule has 0 bridgehead atoms. The lowest BCUT2D eigenvalue weighted by molar-refractivity contribution is 0.130. The van der Waals surface area contributed by atoms with Gasteiger partial charge in [0.25, 0.3) is 0 Å². The summed E-state index contributed by atoms with van der Waals surface area (Å²) in [5, 5.41) is 17.9. The van der Waals surface area contributed by atoms with E-state index in [1.165, 1.54) is 5.56 Å². The number of amidine groups is 2. The fourth-order valence-electron chi connectivity index (χ4n) is 5.08. The molecule has 0 amide bonds. The molecule has 180 valence electrons. The van der Waals surface area contributed by atoms with Crippen molar-refractivity contribution in [3.8, 4) is 5.75 Å². The molecule has 1 fully saturated rings. The summed E-state index contributed by atoms with van der Waals surface area (Å²) in [7, 11) is 0. The van der Waals surface area contributed by atoms with Gasteiger partial charge in [0.1, 0.15) is 23.5 Å². The number of nitrogen functional groups attached to an aromatic ring is 1. The highest BCUT2D eigenvalue weighted by Crippen LogP contribution is 2.28. The Balaban J connectivity index is 1.47. The quantitative estimate of drug-likeness (QED) is 0.276. The van der Waals surface area contributed by atoms with E-state index < -0.39 is 0 Å². The molecule has 0 saturated carbocycles. The Hall–Kier alpha value is -3.87. The minimum absolute atomic E-state index is 0.0819. The van der Waals surface area contributed by atoms with Gasteiger partial charge in [-0.15, -0.1) is 0 Å². The van der Waals surface area contributed by atoms with Crippen LogP contribution >= 0.6 is 0 Å². The second-order valence-corrected chi connectivity index (χ2v) is 9.24. The van der Waals surface area contributed by atoms with Gasteiger partial charge in [-0.1, -0.05) is 43.3 Å². The van der Waals surface area contributed by atoms with Crippen molar-refractivity contribution in [3.63, 3.8) is 0 Å². The van der Waals surface area contributed by atoms with Gasteiger partial charge in [-0.2, -0.15) is 0 Å². The molecule has 7 nitrogen and oxygen atoms in total. The van der Waals surface area contributed by atoms with Crippen molar-refractivity contribution in [1.29, 1.82) is 10.8 Å². The third-order valence-corrected chi connectivity index (χ3v) is 6.97. The van der Waals surface area contributed by atoms with Crippen molar-refractivity contribution in [2.75, 3.05) is 13.1 Å². The lowest BCUT2D eigenvalue weighted by Crippen LogP contribution is -2.40. The van der Waals surface area contributed by atoms with Crippen LogP contribution in [0, 0.1) is 10.8 Å². The highest BCUT2D eigenvalue weighted by molar-refractivity contribution is 6.08. The largest absolute Gasteiger partial charge is 0.490 e. The molecule has 1 aliphatic rings. The van der Waals surface area contributed by atoms with E-state index in [0.717, 1.165) is 71.3 Å². The Kier molecular flexibility index (Phi) is 6.16.